The van der Waals surface area contributed by atoms with Crippen LogP contribution in [0.2, 0.25) is 0 Å². The summed E-state index contributed by atoms with van der Waals surface area (Å²) < 4.78 is 15.5. The van der Waals surface area contributed by atoms with Gasteiger partial charge in [0.25, 0.3) is 0 Å². The first-order chi connectivity index (χ1) is 16.3. The first-order valence-electron chi connectivity index (χ1n) is 10.6. The number of nitrogens with one attached hydrogen (secondary N) is 3. The van der Waals surface area contributed by atoms with Crippen LogP contribution >= 0.6 is 12.2 Å². The molecule has 3 N–H and O–H groups in total. The van der Waals surface area contributed by atoms with Gasteiger partial charge in [0.15, 0.2) is 5.11 Å². The van der Waals surface area contributed by atoms with Crippen LogP contribution in [0.4, 0.5) is 16.2 Å². The van der Waals surface area contributed by atoms with Gasteiger partial charge in [-0.3, -0.25) is 0 Å². The van der Waals surface area contributed by atoms with Crippen molar-refractivity contribution in [2.24, 2.45) is 0 Å². The third-order valence-corrected chi connectivity index (χ3v) is 5.81. The SMILES string of the molecule is CCN1C(=S)N[C@H](c2ccc(NC(=O)Nc3ccc(OC)cc3OC)cc2)C(C(=O)OC)=C1C. The molecular weight excluding hydrogens is 456 g/mol. The number of carbonyl (C=O) groups excluding carboxylic acids is 2. The monoisotopic (exact) mass is 484 g/mol. The molecule has 0 aromatic heterocycles. The minimum absolute atomic E-state index is 0.425. The molecule has 1 atom stereocenters. The van der Waals surface area contributed by atoms with E-state index in [9.17, 15) is 9.59 Å². The molecule has 1 aliphatic heterocycles. The summed E-state index contributed by atoms with van der Waals surface area (Å²) in [5.41, 5.74) is 3.12. The summed E-state index contributed by atoms with van der Waals surface area (Å²) in [6.45, 7) is 4.44. The zero-order valence-electron chi connectivity index (χ0n) is 19.7. The molecule has 0 spiro atoms. The number of esters is 1. The predicted octanol–water partition coefficient (Wildman–Crippen LogP) is 4.05. The Morgan fingerprint density at radius 2 is 1.76 bits per heavy atom. The van der Waals surface area contributed by atoms with Crippen molar-refractivity contribution in [1.29, 1.82) is 0 Å². The van der Waals surface area contributed by atoms with Gasteiger partial charge >= 0.3 is 12.0 Å². The number of hydrogen-bond donors (Lipinski definition) is 3. The highest BCUT2D eigenvalue weighted by Crippen LogP contribution is 2.32. The molecule has 34 heavy (non-hydrogen) atoms. The van der Waals surface area contributed by atoms with E-state index in [1.54, 1.807) is 37.4 Å². The van der Waals surface area contributed by atoms with Crippen molar-refractivity contribution in [3.8, 4) is 11.5 Å². The lowest BCUT2D eigenvalue weighted by Crippen LogP contribution is -2.47. The fraction of sp³-hybridized carbons (Fsp3) is 0.292. The maximum Gasteiger partial charge on any atom is 0.337 e. The van der Waals surface area contributed by atoms with Gasteiger partial charge in [0.2, 0.25) is 0 Å². The van der Waals surface area contributed by atoms with Crippen LogP contribution in [0.25, 0.3) is 0 Å². The summed E-state index contributed by atoms with van der Waals surface area (Å²) in [4.78, 5) is 26.9. The normalized spacial score (nSPS) is 15.4. The zero-order valence-corrected chi connectivity index (χ0v) is 20.5. The highest BCUT2D eigenvalue weighted by Gasteiger charge is 2.33. The lowest BCUT2D eigenvalue weighted by Gasteiger charge is -2.36. The van der Waals surface area contributed by atoms with Crippen molar-refractivity contribution < 1.29 is 23.8 Å². The van der Waals surface area contributed by atoms with Crippen molar-refractivity contribution in [2.45, 2.75) is 19.9 Å². The lowest BCUT2D eigenvalue weighted by atomic mass is 9.95. The molecule has 9 nitrogen and oxygen atoms in total. The van der Waals surface area contributed by atoms with E-state index >= 15 is 0 Å². The van der Waals surface area contributed by atoms with E-state index in [0.29, 0.717) is 40.1 Å². The number of thiocarbonyl (C=S) groups is 1. The van der Waals surface area contributed by atoms with E-state index in [-0.39, 0.29) is 0 Å². The highest BCUT2D eigenvalue weighted by atomic mass is 32.1. The summed E-state index contributed by atoms with van der Waals surface area (Å²) in [6.07, 6.45) is 0. The van der Waals surface area contributed by atoms with Gasteiger partial charge in [0, 0.05) is 24.0 Å². The standard InChI is InChI=1S/C24H28N4O5S/c1-6-28-14(2)20(22(29)33-5)21(27-24(28)34)15-7-9-16(10-8-15)25-23(30)26-18-12-11-17(31-3)13-19(18)32-4/h7-13,21H,6H2,1-5H3,(H,27,34)(H2,25,26,30)/t21-/m1/s1. The van der Waals surface area contributed by atoms with Gasteiger partial charge in [0.1, 0.15) is 11.5 Å². The number of amides is 2. The van der Waals surface area contributed by atoms with Crippen LogP contribution in [0.5, 0.6) is 11.5 Å². The van der Waals surface area contributed by atoms with E-state index in [1.807, 2.05) is 30.9 Å². The number of rotatable bonds is 7. The van der Waals surface area contributed by atoms with Gasteiger partial charge in [-0.2, -0.15) is 0 Å². The topological polar surface area (TPSA) is 101 Å². The second-order valence-electron chi connectivity index (χ2n) is 7.38. The molecule has 2 amide bonds. The molecule has 180 valence electrons. The number of urea groups is 1. The van der Waals surface area contributed by atoms with Crippen molar-refractivity contribution in [2.75, 3.05) is 38.5 Å². The number of nitrogens with zero attached hydrogens (tertiary/aromatic N) is 1. The molecule has 0 fully saturated rings. The Balaban J connectivity index is 1.77. The van der Waals surface area contributed by atoms with Crippen molar-refractivity contribution >= 4 is 40.7 Å². The molecule has 2 aromatic carbocycles. The predicted molar refractivity (Wildman–Crippen MR) is 134 cm³/mol. The fourth-order valence-corrected chi connectivity index (χ4v) is 4.12. The summed E-state index contributed by atoms with van der Waals surface area (Å²) in [5, 5.41) is 9.30. The first kappa shape index (κ1) is 24.8. The molecular formula is C24H28N4O5S. The van der Waals surface area contributed by atoms with Gasteiger partial charge in [-0.05, 0) is 55.9 Å². The summed E-state index contributed by atoms with van der Waals surface area (Å²) in [7, 11) is 4.42. The van der Waals surface area contributed by atoms with Crippen molar-refractivity contribution in [1.82, 2.24) is 10.2 Å². The van der Waals surface area contributed by atoms with E-state index in [1.165, 1.54) is 14.2 Å². The molecule has 1 heterocycles. The van der Waals surface area contributed by atoms with Crippen LogP contribution in [0.1, 0.15) is 25.5 Å². The number of anilines is 2. The van der Waals surface area contributed by atoms with Gasteiger partial charge in [-0.25, -0.2) is 9.59 Å². The second kappa shape index (κ2) is 10.9. The number of carbonyl (C=O) groups is 2. The van der Waals surface area contributed by atoms with Crippen LogP contribution < -0.4 is 25.4 Å². The molecule has 0 saturated carbocycles. The van der Waals surface area contributed by atoms with Gasteiger partial charge in [-0.1, -0.05) is 12.1 Å². The first-order valence-corrected chi connectivity index (χ1v) is 11.0. The molecule has 0 aliphatic carbocycles. The van der Waals surface area contributed by atoms with E-state index in [0.717, 1.165) is 11.3 Å². The molecule has 2 aromatic rings. The molecule has 0 bridgehead atoms. The Morgan fingerprint density at radius 1 is 1.06 bits per heavy atom. The van der Waals surface area contributed by atoms with E-state index in [4.69, 9.17) is 26.4 Å². The molecule has 1 aliphatic rings. The highest BCUT2D eigenvalue weighted by molar-refractivity contribution is 7.80. The number of allylic oxidation sites excluding steroid dienone is 1. The Morgan fingerprint density at radius 3 is 2.35 bits per heavy atom. The number of benzene rings is 2. The Labute approximate surface area is 204 Å². The third kappa shape index (κ3) is 5.23. The molecule has 0 saturated heterocycles. The lowest BCUT2D eigenvalue weighted by molar-refractivity contribution is -0.136. The van der Waals surface area contributed by atoms with Crippen LogP contribution in [0, 0.1) is 0 Å². The van der Waals surface area contributed by atoms with Crippen molar-refractivity contribution in [3.63, 3.8) is 0 Å². The van der Waals surface area contributed by atoms with Gasteiger partial charge in [0.05, 0.1) is 38.6 Å². The molecule has 10 heteroatoms. The average Bonchev–Trinajstić information content (AvgIpc) is 2.84. The van der Waals surface area contributed by atoms with Crippen LogP contribution in [-0.4, -0.2) is 49.9 Å². The molecule has 0 unspecified atom stereocenters. The van der Waals surface area contributed by atoms with E-state index in [2.05, 4.69) is 16.0 Å². The van der Waals surface area contributed by atoms with Crippen LogP contribution in [-0.2, 0) is 9.53 Å². The Kier molecular flexibility index (Phi) is 7.95. The number of hydrogen-bond acceptors (Lipinski definition) is 6. The average molecular weight is 485 g/mol. The van der Waals surface area contributed by atoms with Crippen molar-refractivity contribution in [3.05, 3.63) is 59.3 Å². The number of methoxy groups -OCH3 is 3. The summed E-state index contributed by atoms with van der Waals surface area (Å²) >= 11 is 5.48. The molecule has 0 radical (unpaired) electrons. The largest absolute Gasteiger partial charge is 0.497 e. The van der Waals surface area contributed by atoms with E-state index < -0.39 is 18.0 Å². The number of ether oxygens (including phenoxy) is 3. The smallest absolute Gasteiger partial charge is 0.337 e. The van der Waals surface area contributed by atoms with Gasteiger partial charge < -0.3 is 35.1 Å². The second-order valence-corrected chi connectivity index (χ2v) is 7.77. The maximum atomic E-state index is 12.5. The minimum Gasteiger partial charge on any atom is -0.497 e. The molecule has 3 rings (SSSR count). The summed E-state index contributed by atoms with van der Waals surface area (Å²) in [6, 6.07) is 11.3. The zero-order chi connectivity index (χ0) is 24.8. The fourth-order valence-electron chi connectivity index (χ4n) is 3.73. The summed E-state index contributed by atoms with van der Waals surface area (Å²) in [5.74, 6) is 0.667. The van der Waals surface area contributed by atoms with Crippen LogP contribution in [0.3, 0.4) is 0 Å². The van der Waals surface area contributed by atoms with Crippen LogP contribution in [0.15, 0.2) is 53.7 Å². The Hall–Kier alpha value is -3.79. The minimum atomic E-state index is -0.464. The van der Waals surface area contributed by atoms with Gasteiger partial charge in [-0.15, -0.1) is 0 Å². The quantitative estimate of drug-likeness (QED) is 0.400. The Bertz CT molecular complexity index is 1120. The third-order valence-electron chi connectivity index (χ3n) is 5.48. The maximum absolute atomic E-state index is 12.5.